The number of hydrogen-bond acceptors (Lipinski definition) is 2. The van der Waals surface area contributed by atoms with Crippen molar-refractivity contribution in [2.75, 3.05) is 13.1 Å². The molecule has 1 aliphatic heterocycles. The standard InChI is InChI=1S/C14H19ClN2O/c1-9-5-6-17(8-13(9)16)14(18)12-4-3-11(15)7-10(12)2/h3-4,7,9,13H,5-6,8,16H2,1-2H3. The van der Waals surface area contributed by atoms with Crippen LogP contribution in [0.4, 0.5) is 0 Å². The molecule has 1 aromatic rings. The van der Waals surface area contributed by atoms with Gasteiger partial charge in [-0.2, -0.15) is 0 Å². The van der Waals surface area contributed by atoms with E-state index in [1.165, 1.54) is 0 Å². The zero-order valence-electron chi connectivity index (χ0n) is 10.8. The fraction of sp³-hybridized carbons (Fsp3) is 0.500. The Morgan fingerprint density at radius 2 is 2.22 bits per heavy atom. The number of carbonyl (C=O) groups excluding carboxylic acids is 1. The van der Waals surface area contributed by atoms with Gasteiger partial charge >= 0.3 is 0 Å². The summed E-state index contributed by atoms with van der Waals surface area (Å²) in [5, 5.41) is 0.660. The van der Waals surface area contributed by atoms with Gasteiger partial charge in [0.1, 0.15) is 0 Å². The molecule has 1 amide bonds. The molecule has 0 radical (unpaired) electrons. The number of benzene rings is 1. The summed E-state index contributed by atoms with van der Waals surface area (Å²) in [4.78, 5) is 14.3. The summed E-state index contributed by atoms with van der Waals surface area (Å²) in [6.45, 7) is 5.48. The van der Waals surface area contributed by atoms with E-state index >= 15 is 0 Å². The number of rotatable bonds is 1. The second kappa shape index (κ2) is 5.29. The lowest BCUT2D eigenvalue weighted by Crippen LogP contribution is -2.49. The van der Waals surface area contributed by atoms with E-state index in [2.05, 4.69) is 6.92 Å². The van der Waals surface area contributed by atoms with Crippen LogP contribution in [0, 0.1) is 12.8 Å². The average Bonchev–Trinajstić information content (AvgIpc) is 2.32. The molecule has 1 saturated heterocycles. The van der Waals surface area contributed by atoms with Crippen LogP contribution in [0.15, 0.2) is 18.2 Å². The van der Waals surface area contributed by atoms with Crippen molar-refractivity contribution in [1.29, 1.82) is 0 Å². The van der Waals surface area contributed by atoms with Crippen molar-refractivity contribution >= 4 is 17.5 Å². The van der Waals surface area contributed by atoms with Gasteiger partial charge in [-0.05, 0) is 43.0 Å². The Balaban J connectivity index is 2.16. The molecule has 2 unspecified atom stereocenters. The summed E-state index contributed by atoms with van der Waals surface area (Å²) in [6, 6.07) is 5.45. The Morgan fingerprint density at radius 3 is 2.83 bits per heavy atom. The van der Waals surface area contributed by atoms with Crippen LogP contribution in [-0.4, -0.2) is 29.9 Å². The first-order chi connectivity index (χ1) is 8.49. The number of piperidine rings is 1. The number of halogens is 1. The van der Waals surface area contributed by atoms with E-state index in [0.29, 0.717) is 17.5 Å². The number of likely N-dealkylation sites (tertiary alicyclic amines) is 1. The summed E-state index contributed by atoms with van der Waals surface area (Å²) < 4.78 is 0. The smallest absolute Gasteiger partial charge is 0.254 e. The van der Waals surface area contributed by atoms with Crippen molar-refractivity contribution in [2.24, 2.45) is 11.7 Å². The molecule has 0 saturated carbocycles. The molecular weight excluding hydrogens is 248 g/mol. The van der Waals surface area contributed by atoms with Crippen molar-refractivity contribution in [2.45, 2.75) is 26.3 Å². The Bertz CT molecular complexity index is 461. The molecule has 3 nitrogen and oxygen atoms in total. The second-order valence-electron chi connectivity index (χ2n) is 5.14. The zero-order valence-corrected chi connectivity index (χ0v) is 11.6. The minimum Gasteiger partial charge on any atom is -0.337 e. The summed E-state index contributed by atoms with van der Waals surface area (Å²) in [7, 11) is 0. The molecule has 1 fully saturated rings. The number of nitrogens with two attached hydrogens (primary N) is 1. The van der Waals surface area contributed by atoms with Crippen LogP contribution in [0.25, 0.3) is 0 Å². The minimum absolute atomic E-state index is 0.0616. The summed E-state index contributed by atoms with van der Waals surface area (Å²) in [5.74, 6) is 0.548. The van der Waals surface area contributed by atoms with E-state index in [9.17, 15) is 4.79 Å². The van der Waals surface area contributed by atoms with Crippen LogP contribution in [0.5, 0.6) is 0 Å². The van der Waals surface area contributed by atoms with Gasteiger partial charge in [-0.15, -0.1) is 0 Å². The lowest BCUT2D eigenvalue weighted by molar-refractivity contribution is 0.0671. The predicted octanol–water partition coefficient (Wildman–Crippen LogP) is 2.46. The molecule has 0 bridgehead atoms. The number of amides is 1. The molecule has 1 aromatic carbocycles. The van der Waals surface area contributed by atoms with Gasteiger partial charge in [0.2, 0.25) is 0 Å². The Hall–Kier alpha value is -1.06. The molecule has 18 heavy (non-hydrogen) atoms. The van der Waals surface area contributed by atoms with Crippen LogP contribution in [0.2, 0.25) is 5.02 Å². The fourth-order valence-electron chi connectivity index (χ4n) is 2.32. The highest BCUT2D eigenvalue weighted by molar-refractivity contribution is 6.30. The molecular formula is C14H19ClN2O. The molecule has 0 spiro atoms. The van der Waals surface area contributed by atoms with Gasteiger partial charge in [-0.1, -0.05) is 18.5 Å². The van der Waals surface area contributed by atoms with Crippen LogP contribution in [0.3, 0.4) is 0 Å². The first-order valence-corrected chi connectivity index (χ1v) is 6.68. The zero-order chi connectivity index (χ0) is 13.3. The van der Waals surface area contributed by atoms with E-state index < -0.39 is 0 Å². The fourth-order valence-corrected chi connectivity index (χ4v) is 2.55. The van der Waals surface area contributed by atoms with Gasteiger partial charge in [0.25, 0.3) is 5.91 Å². The maximum Gasteiger partial charge on any atom is 0.254 e. The number of hydrogen-bond donors (Lipinski definition) is 1. The largest absolute Gasteiger partial charge is 0.337 e. The third kappa shape index (κ3) is 2.68. The summed E-state index contributed by atoms with van der Waals surface area (Å²) in [5.41, 5.74) is 7.67. The molecule has 2 atom stereocenters. The maximum atomic E-state index is 12.4. The normalized spacial score (nSPS) is 24.1. The molecule has 1 aliphatic rings. The second-order valence-corrected chi connectivity index (χ2v) is 5.58. The predicted molar refractivity (Wildman–Crippen MR) is 73.8 cm³/mol. The van der Waals surface area contributed by atoms with Crippen LogP contribution in [0.1, 0.15) is 29.3 Å². The van der Waals surface area contributed by atoms with Gasteiger partial charge in [-0.25, -0.2) is 0 Å². The molecule has 2 rings (SSSR count). The van der Waals surface area contributed by atoms with Crippen molar-refractivity contribution in [3.63, 3.8) is 0 Å². The average molecular weight is 267 g/mol. The van der Waals surface area contributed by atoms with E-state index in [0.717, 1.165) is 24.1 Å². The molecule has 98 valence electrons. The molecule has 1 heterocycles. The molecule has 0 aromatic heterocycles. The summed E-state index contributed by atoms with van der Waals surface area (Å²) in [6.07, 6.45) is 0.972. The van der Waals surface area contributed by atoms with E-state index in [1.54, 1.807) is 12.1 Å². The van der Waals surface area contributed by atoms with Crippen LogP contribution < -0.4 is 5.73 Å². The van der Waals surface area contributed by atoms with E-state index in [-0.39, 0.29) is 11.9 Å². The van der Waals surface area contributed by atoms with Crippen LogP contribution >= 0.6 is 11.6 Å². The van der Waals surface area contributed by atoms with Gasteiger partial charge < -0.3 is 10.6 Å². The first-order valence-electron chi connectivity index (χ1n) is 6.30. The van der Waals surface area contributed by atoms with E-state index in [1.807, 2.05) is 17.9 Å². The SMILES string of the molecule is Cc1cc(Cl)ccc1C(=O)N1CCC(C)C(N)C1. The van der Waals surface area contributed by atoms with Crippen molar-refractivity contribution < 1.29 is 4.79 Å². The Labute approximate surface area is 113 Å². The van der Waals surface area contributed by atoms with Gasteiger partial charge in [0.15, 0.2) is 0 Å². The Morgan fingerprint density at radius 1 is 1.50 bits per heavy atom. The highest BCUT2D eigenvalue weighted by atomic mass is 35.5. The molecule has 4 heteroatoms. The minimum atomic E-state index is 0.0616. The Kier molecular flexibility index (Phi) is 3.93. The summed E-state index contributed by atoms with van der Waals surface area (Å²) >= 11 is 5.90. The number of aryl methyl sites for hydroxylation is 1. The van der Waals surface area contributed by atoms with Gasteiger partial charge in [-0.3, -0.25) is 4.79 Å². The molecule has 2 N–H and O–H groups in total. The molecule has 0 aliphatic carbocycles. The van der Waals surface area contributed by atoms with E-state index in [4.69, 9.17) is 17.3 Å². The highest BCUT2D eigenvalue weighted by Crippen LogP contribution is 2.21. The first kappa shape index (κ1) is 13.4. The van der Waals surface area contributed by atoms with Gasteiger partial charge in [0, 0.05) is 29.7 Å². The van der Waals surface area contributed by atoms with Crippen LogP contribution in [-0.2, 0) is 0 Å². The lowest BCUT2D eigenvalue weighted by atomic mass is 9.93. The monoisotopic (exact) mass is 266 g/mol. The van der Waals surface area contributed by atoms with Crippen molar-refractivity contribution in [3.05, 3.63) is 34.3 Å². The maximum absolute atomic E-state index is 12.4. The third-order valence-corrected chi connectivity index (χ3v) is 3.96. The highest BCUT2D eigenvalue weighted by Gasteiger charge is 2.27. The topological polar surface area (TPSA) is 46.3 Å². The van der Waals surface area contributed by atoms with Gasteiger partial charge in [0.05, 0.1) is 0 Å². The third-order valence-electron chi connectivity index (χ3n) is 3.72. The van der Waals surface area contributed by atoms with Crippen molar-refractivity contribution in [3.8, 4) is 0 Å². The quantitative estimate of drug-likeness (QED) is 0.849. The van der Waals surface area contributed by atoms with Crippen molar-refractivity contribution in [1.82, 2.24) is 4.90 Å². The number of carbonyl (C=O) groups is 1. The lowest BCUT2D eigenvalue weighted by Gasteiger charge is -2.35. The number of nitrogens with zero attached hydrogens (tertiary/aromatic N) is 1.